The molecule has 1 aromatic heterocycles. The number of nitrogens with one attached hydrogen (secondary N) is 3. The van der Waals surface area contributed by atoms with Crippen LogP contribution in [0.25, 0.3) is 10.9 Å². The number of aromatic carboxylic acids is 1. The minimum atomic E-state index is -1.06. The van der Waals surface area contributed by atoms with E-state index in [1.54, 1.807) is 19.2 Å². The summed E-state index contributed by atoms with van der Waals surface area (Å²) < 4.78 is 14.0. The van der Waals surface area contributed by atoms with E-state index in [1.165, 1.54) is 30.7 Å². The van der Waals surface area contributed by atoms with E-state index in [0.29, 0.717) is 40.4 Å². The number of benzene rings is 2. The average Bonchev–Trinajstić information content (AvgIpc) is 2.84. The fourth-order valence-electron chi connectivity index (χ4n) is 4.74. The number of aromatic nitrogens is 1. The van der Waals surface area contributed by atoms with Gasteiger partial charge in [-0.25, -0.2) is 9.18 Å². The number of rotatable bonds is 7. The lowest BCUT2D eigenvalue weighted by atomic mass is 9.94. The summed E-state index contributed by atoms with van der Waals surface area (Å²) in [4.78, 5) is 42.2. The first-order chi connectivity index (χ1) is 16.8. The maximum atomic E-state index is 14.0. The van der Waals surface area contributed by atoms with Gasteiger partial charge in [0.2, 0.25) is 0 Å². The normalized spacial score (nSPS) is 14.3. The molecular formula is C26H29FN4O4. The number of aromatic amines is 1. The molecule has 184 valence electrons. The number of carbonyl (C=O) groups excluding carboxylic acids is 1. The number of amides is 1. The van der Waals surface area contributed by atoms with Crippen LogP contribution in [0, 0.1) is 5.82 Å². The number of fused-ring (bicyclic) bond motifs is 1. The standard InChI is InChI=1S/C26H29FN4O4/c1-28-22-13-18(27)11-16-12-20(25(33)30-23(16)22)24(32)29-21-9-8-15(26(34)35)10-17(21)14-31(2)19-6-4-3-5-7-19/h8-13,19,28H,3-7,14H2,1-2H3,(H,29,32)(H,30,33)(H,34,35). The van der Waals surface area contributed by atoms with E-state index < -0.39 is 23.3 Å². The number of hydrogen-bond donors (Lipinski definition) is 4. The zero-order chi connectivity index (χ0) is 25.1. The molecule has 1 heterocycles. The summed E-state index contributed by atoms with van der Waals surface area (Å²) in [6, 6.07) is 8.76. The lowest BCUT2D eigenvalue weighted by molar-refractivity contribution is 0.0696. The van der Waals surface area contributed by atoms with Crippen LogP contribution in [0.15, 0.2) is 41.2 Å². The Morgan fingerprint density at radius 2 is 1.86 bits per heavy atom. The summed E-state index contributed by atoms with van der Waals surface area (Å²) in [6.07, 6.45) is 5.70. The number of halogens is 1. The first kappa shape index (κ1) is 24.4. The fraction of sp³-hybridized carbons (Fsp3) is 0.346. The summed E-state index contributed by atoms with van der Waals surface area (Å²) in [7, 11) is 3.61. The van der Waals surface area contributed by atoms with E-state index >= 15 is 0 Å². The van der Waals surface area contributed by atoms with E-state index in [-0.39, 0.29) is 11.1 Å². The Labute approximate surface area is 202 Å². The topological polar surface area (TPSA) is 115 Å². The molecule has 1 amide bonds. The van der Waals surface area contributed by atoms with Crippen LogP contribution in [0.1, 0.15) is 58.4 Å². The number of carboxylic acids is 1. The van der Waals surface area contributed by atoms with Crippen molar-refractivity contribution in [3.63, 3.8) is 0 Å². The molecule has 4 N–H and O–H groups in total. The van der Waals surface area contributed by atoms with Crippen molar-refractivity contribution in [2.75, 3.05) is 24.7 Å². The lowest BCUT2D eigenvalue weighted by Crippen LogP contribution is -2.33. The van der Waals surface area contributed by atoms with Crippen LogP contribution >= 0.6 is 0 Å². The summed E-state index contributed by atoms with van der Waals surface area (Å²) >= 11 is 0. The minimum Gasteiger partial charge on any atom is -0.478 e. The third-order valence-electron chi connectivity index (χ3n) is 6.65. The van der Waals surface area contributed by atoms with Gasteiger partial charge >= 0.3 is 5.97 Å². The predicted octanol–water partition coefficient (Wildman–Crippen LogP) is 4.42. The number of nitrogens with zero attached hydrogens (tertiary/aromatic N) is 1. The first-order valence-corrected chi connectivity index (χ1v) is 11.7. The summed E-state index contributed by atoms with van der Waals surface area (Å²) in [5.41, 5.74) is 1.22. The molecule has 35 heavy (non-hydrogen) atoms. The quantitative estimate of drug-likeness (QED) is 0.398. The van der Waals surface area contributed by atoms with Crippen molar-refractivity contribution in [2.45, 2.75) is 44.7 Å². The number of anilines is 2. The molecule has 0 saturated heterocycles. The summed E-state index contributed by atoms with van der Waals surface area (Å²) in [5.74, 6) is -2.22. The molecule has 1 fully saturated rings. The van der Waals surface area contributed by atoms with Crippen LogP contribution in [0.2, 0.25) is 0 Å². The fourth-order valence-corrected chi connectivity index (χ4v) is 4.74. The minimum absolute atomic E-state index is 0.119. The number of H-pyrrole nitrogens is 1. The van der Waals surface area contributed by atoms with Gasteiger partial charge in [0.05, 0.1) is 16.8 Å². The SMILES string of the molecule is CNc1cc(F)cc2cc(C(=O)Nc3ccc(C(=O)O)cc3CN(C)C3CCCCC3)c(=O)[nH]c12. The average molecular weight is 481 g/mol. The van der Waals surface area contributed by atoms with Crippen molar-refractivity contribution >= 4 is 34.2 Å². The number of hydrogen-bond acceptors (Lipinski definition) is 5. The van der Waals surface area contributed by atoms with Gasteiger partial charge in [0.25, 0.3) is 11.5 Å². The molecule has 1 aliphatic rings. The van der Waals surface area contributed by atoms with Crippen LogP contribution in [0.5, 0.6) is 0 Å². The maximum absolute atomic E-state index is 14.0. The Hall–Kier alpha value is -3.72. The Morgan fingerprint density at radius 1 is 1.11 bits per heavy atom. The summed E-state index contributed by atoms with van der Waals surface area (Å²) in [5, 5.41) is 15.4. The second-order valence-corrected chi connectivity index (χ2v) is 9.02. The van der Waals surface area contributed by atoms with Gasteiger partial charge in [-0.2, -0.15) is 0 Å². The zero-order valence-corrected chi connectivity index (χ0v) is 19.8. The van der Waals surface area contributed by atoms with Crippen LogP contribution in [-0.4, -0.2) is 47.0 Å². The number of carboxylic acid groups (broad SMARTS) is 1. The molecule has 0 aliphatic heterocycles. The number of carbonyl (C=O) groups is 2. The molecule has 1 aliphatic carbocycles. The largest absolute Gasteiger partial charge is 0.478 e. The zero-order valence-electron chi connectivity index (χ0n) is 19.8. The second kappa shape index (κ2) is 10.3. The molecule has 0 radical (unpaired) electrons. The molecule has 0 spiro atoms. The molecule has 0 atom stereocenters. The predicted molar refractivity (Wildman–Crippen MR) is 134 cm³/mol. The third kappa shape index (κ3) is 5.35. The maximum Gasteiger partial charge on any atom is 0.335 e. The smallest absolute Gasteiger partial charge is 0.335 e. The molecule has 4 rings (SSSR count). The van der Waals surface area contributed by atoms with Crippen molar-refractivity contribution in [1.82, 2.24) is 9.88 Å². The van der Waals surface area contributed by atoms with E-state index in [9.17, 15) is 23.9 Å². The second-order valence-electron chi connectivity index (χ2n) is 9.02. The van der Waals surface area contributed by atoms with E-state index in [0.717, 1.165) is 25.7 Å². The monoisotopic (exact) mass is 480 g/mol. The highest BCUT2D eigenvalue weighted by molar-refractivity contribution is 6.07. The molecule has 0 bridgehead atoms. The molecule has 3 aromatic rings. The van der Waals surface area contributed by atoms with E-state index in [2.05, 4.69) is 20.5 Å². The van der Waals surface area contributed by atoms with Crippen LogP contribution in [0.4, 0.5) is 15.8 Å². The molecule has 9 heteroatoms. The van der Waals surface area contributed by atoms with E-state index in [4.69, 9.17) is 0 Å². The highest BCUT2D eigenvalue weighted by Crippen LogP contribution is 2.27. The molecule has 8 nitrogen and oxygen atoms in total. The van der Waals surface area contributed by atoms with Gasteiger partial charge in [-0.15, -0.1) is 0 Å². The van der Waals surface area contributed by atoms with Crippen LogP contribution < -0.4 is 16.2 Å². The Morgan fingerprint density at radius 3 is 2.54 bits per heavy atom. The van der Waals surface area contributed by atoms with Gasteiger partial charge in [-0.1, -0.05) is 19.3 Å². The van der Waals surface area contributed by atoms with E-state index in [1.807, 2.05) is 7.05 Å². The number of pyridine rings is 1. The van der Waals surface area contributed by atoms with Crippen molar-refractivity contribution in [2.24, 2.45) is 0 Å². The first-order valence-electron chi connectivity index (χ1n) is 11.7. The lowest BCUT2D eigenvalue weighted by Gasteiger charge is -2.31. The third-order valence-corrected chi connectivity index (χ3v) is 6.65. The van der Waals surface area contributed by atoms with Crippen LogP contribution in [-0.2, 0) is 6.54 Å². The van der Waals surface area contributed by atoms with Gasteiger partial charge in [0, 0.05) is 30.7 Å². The van der Waals surface area contributed by atoms with Gasteiger partial charge in [-0.3, -0.25) is 14.5 Å². The highest BCUT2D eigenvalue weighted by Gasteiger charge is 2.21. The van der Waals surface area contributed by atoms with Crippen molar-refractivity contribution in [1.29, 1.82) is 0 Å². The van der Waals surface area contributed by atoms with Gasteiger partial charge in [-0.05, 0) is 61.9 Å². The van der Waals surface area contributed by atoms with Gasteiger partial charge in [0.1, 0.15) is 11.4 Å². The Kier molecular flexibility index (Phi) is 7.16. The van der Waals surface area contributed by atoms with Gasteiger partial charge < -0.3 is 20.7 Å². The van der Waals surface area contributed by atoms with Crippen molar-refractivity contribution < 1.29 is 19.1 Å². The highest BCUT2D eigenvalue weighted by atomic mass is 19.1. The van der Waals surface area contributed by atoms with Crippen molar-refractivity contribution in [3.05, 3.63) is 69.3 Å². The molecule has 1 saturated carbocycles. The molecule has 0 unspecified atom stereocenters. The molecular weight excluding hydrogens is 451 g/mol. The van der Waals surface area contributed by atoms with Gasteiger partial charge in [0.15, 0.2) is 0 Å². The van der Waals surface area contributed by atoms with Crippen molar-refractivity contribution in [3.8, 4) is 0 Å². The molecule has 2 aromatic carbocycles. The Bertz CT molecular complexity index is 1330. The van der Waals surface area contributed by atoms with Crippen LogP contribution in [0.3, 0.4) is 0 Å². The Balaban J connectivity index is 1.65. The summed E-state index contributed by atoms with van der Waals surface area (Å²) in [6.45, 7) is 0.451.